The van der Waals surface area contributed by atoms with Crippen LogP contribution in [-0.2, 0) is 6.61 Å². The van der Waals surface area contributed by atoms with Crippen LogP contribution in [0.5, 0.6) is 0 Å². The molecule has 1 aromatic heterocycles. The van der Waals surface area contributed by atoms with E-state index in [-0.39, 0.29) is 11.7 Å². The molecule has 0 bridgehead atoms. The average Bonchev–Trinajstić information content (AvgIpc) is 2.52. The molecular weight excluding hydrogens is 219 g/mol. The van der Waals surface area contributed by atoms with Crippen molar-refractivity contribution in [3.8, 4) is 0 Å². The van der Waals surface area contributed by atoms with Gasteiger partial charge in [-0.1, -0.05) is 18.2 Å². The van der Waals surface area contributed by atoms with Gasteiger partial charge in [0.2, 0.25) is 0 Å². The lowest BCUT2D eigenvalue weighted by Crippen LogP contribution is -1.81. The molecule has 0 saturated carbocycles. The lowest BCUT2D eigenvalue weighted by molar-refractivity contribution is 0.283. The van der Waals surface area contributed by atoms with Crippen molar-refractivity contribution in [3.05, 3.63) is 28.9 Å². The van der Waals surface area contributed by atoms with Crippen LogP contribution in [0.15, 0.2) is 23.1 Å². The Labute approximate surface area is 89.6 Å². The van der Waals surface area contributed by atoms with Crippen LogP contribution in [0.2, 0.25) is 0 Å². The molecule has 2 aromatic rings. The lowest BCUT2D eigenvalue weighted by atomic mass is 10.2. The van der Waals surface area contributed by atoms with Crippen molar-refractivity contribution in [2.75, 3.05) is 6.26 Å². The largest absolute Gasteiger partial charge is 0.392 e. The maximum Gasteiger partial charge on any atom is 0.191 e. The van der Waals surface area contributed by atoms with Gasteiger partial charge in [-0.25, -0.2) is 0 Å². The third-order valence-corrected chi connectivity index (χ3v) is 4.09. The van der Waals surface area contributed by atoms with E-state index in [4.69, 9.17) is 5.11 Å². The number of thioether (sulfide) groups is 1. The normalized spacial score (nSPS) is 11.1. The minimum Gasteiger partial charge on any atom is -0.392 e. The summed E-state index contributed by atoms with van der Waals surface area (Å²) in [4.78, 5) is 0.681. The number of hydrogen-bond donors (Lipinski definition) is 1. The number of hydrogen-bond acceptors (Lipinski definition) is 3. The van der Waals surface area contributed by atoms with E-state index in [9.17, 15) is 4.39 Å². The van der Waals surface area contributed by atoms with E-state index < -0.39 is 0 Å². The van der Waals surface area contributed by atoms with Crippen molar-refractivity contribution in [2.24, 2.45) is 0 Å². The van der Waals surface area contributed by atoms with E-state index in [1.165, 1.54) is 11.8 Å². The Hall–Kier alpha value is -0.580. The quantitative estimate of drug-likeness (QED) is 0.796. The molecule has 1 heterocycles. The molecule has 1 N–H and O–H groups in total. The number of aliphatic hydroxyl groups is 1. The molecule has 0 atom stereocenters. The van der Waals surface area contributed by atoms with Gasteiger partial charge in [-0.15, -0.1) is 23.1 Å². The van der Waals surface area contributed by atoms with E-state index in [1.807, 2.05) is 24.5 Å². The van der Waals surface area contributed by atoms with Crippen LogP contribution in [0, 0.1) is 5.13 Å². The summed E-state index contributed by atoms with van der Waals surface area (Å²) in [5.74, 6) is 0. The fourth-order valence-corrected chi connectivity index (χ4v) is 3.36. The molecule has 4 heteroatoms. The first-order valence-electron chi connectivity index (χ1n) is 4.12. The molecule has 2 rings (SSSR count). The summed E-state index contributed by atoms with van der Waals surface area (Å²) < 4.78 is 14.3. The van der Waals surface area contributed by atoms with E-state index in [0.29, 0.717) is 4.90 Å². The van der Waals surface area contributed by atoms with Crippen molar-refractivity contribution in [3.63, 3.8) is 0 Å². The predicted octanol–water partition coefficient (Wildman–Crippen LogP) is 3.25. The maximum absolute atomic E-state index is 13.4. The Morgan fingerprint density at radius 2 is 2.29 bits per heavy atom. The van der Waals surface area contributed by atoms with Gasteiger partial charge >= 0.3 is 0 Å². The summed E-state index contributed by atoms with van der Waals surface area (Å²) in [5, 5.41) is 9.84. The van der Waals surface area contributed by atoms with E-state index in [0.717, 1.165) is 27.0 Å². The second kappa shape index (κ2) is 3.88. The van der Waals surface area contributed by atoms with Crippen LogP contribution in [0.25, 0.3) is 10.1 Å². The van der Waals surface area contributed by atoms with Crippen molar-refractivity contribution >= 4 is 33.2 Å². The Balaban J connectivity index is 2.79. The average molecular weight is 228 g/mol. The fourth-order valence-electron chi connectivity index (χ4n) is 1.44. The second-order valence-corrected chi connectivity index (χ2v) is 4.65. The number of benzene rings is 1. The molecule has 0 amide bonds. The molecule has 0 aliphatic carbocycles. The number of thiophene rings is 1. The maximum atomic E-state index is 13.4. The zero-order chi connectivity index (χ0) is 10.1. The molecule has 0 unspecified atom stereocenters. The highest BCUT2D eigenvalue weighted by atomic mass is 32.2. The van der Waals surface area contributed by atoms with Crippen molar-refractivity contribution in [1.82, 2.24) is 0 Å². The first-order valence-corrected chi connectivity index (χ1v) is 6.16. The summed E-state index contributed by atoms with van der Waals surface area (Å²) in [6.07, 6.45) is 1.86. The van der Waals surface area contributed by atoms with Gasteiger partial charge in [-0.2, -0.15) is 4.39 Å². The molecule has 74 valence electrons. The van der Waals surface area contributed by atoms with Crippen molar-refractivity contribution < 1.29 is 9.50 Å². The molecule has 0 radical (unpaired) electrons. The summed E-state index contributed by atoms with van der Waals surface area (Å²) in [7, 11) is 0. The van der Waals surface area contributed by atoms with Gasteiger partial charge in [-0.3, -0.25) is 0 Å². The van der Waals surface area contributed by atoms with Crippen LogP contribution < -0.4 is 0 Å². The molecular formula is C10H9FOS2. The highest BCUT2D eigenvalue weighted by molar-refractivity contribution is 7.99. The molecule has 0 aliphatic heterocycles. The Kier molecular flexibility index (Phi) is 2.76. The van der Waals surface area contributed by atoms with E-state index in [2.05, 4.69) is 0 Å². The van der Waals surface area contributed by atoms with Crippen LogP contribution in [0.3, 0.4) is 0 Å². The molecule has 1 aromatic carbocycles. The van der Waals surface area contributed by atoms with Crippen LogP contribution in [-0.4, -0.2) is 11.4 Å². The molecule has 0 saturated heterocycles. The third-order valence-electron chi connectivity index (χ3n) is 2.09. The van der Waals surface area contributed by atoms with Gasteiger partial charge < -0.3 is 5.11 Å². The van der Waals surface area contributed by atoms with E-state index in [1.54, 1.807) is 0 Å². The van der Waals surface area contributed by atoms with E-state index >= 15 is 0 Å². The SMILES string of the molecule is CSc1c(F)sc2c(CO)cccc12. The van der Waals surface area contributed by atoms with Crippen LogP contribution in [0.4, 0.5) is 4.39 Å². The molecule has 1 nitrogen and oxygen atoms in total. The molecule has 0 aliphatic rings. The third kappa shape index (κ3) is 1.43. The number of aliphatic hydroxyl groups excluding tert-OH is 1. The first-order chi connectivity index (χ1) is 6.77. The molecule has 0 spiro atoms. The molecule has 14 heavy (non-hydrogen) atoms. The highest BCUT2D eigenvalue weighted by Crippen LogP contribution is 2.37. The Bertz CT molecular complexity index is 464. The zero-order valence-corrected chi connectivity index (χ0v) is 9.21. The van der Waals surface area contributed by atoms with Crippen LogP contribution >= 0.6 is 23.1 Å². The molecule has 0 fully saturated rings. The minimum absolute atomic E-state index is 0.0366. The fraction of sp³-hybridized carbons (Fsp3) is 0.200. The van der Waals surface area contributed by atoms with Crippen molar-refractivity contribution in [1.29, 1.82) is 0 Å². The van der Waals surface area contributed by atoms with Crippen molar-refractivity contribution in [2.45, 2.75) is 11.5 Å². The monoisotopic (exact) mass is 228 g/mol. The van der Waals surface area contributed by atoms with Gasteiger partial charge in [0, 0.05) is 10.1 Å². The van der Waals surface area contributed by atoms with Gasteiger partial charge in [0.15, 0.2) is 5.13 Å². The predicted molar refractivity (Wildman–Crippen MR) is 59.5 cm³/mol. The topological polar surface area (TPSA) is 20.2 Å². The number of halogens is 1. The lowest BCUT2D eigenvalue weighted by Gasteiger charge is -1.98. The van der Waals surface area contributed by atoms with Gasteiger partial charge in [0.05, 0.1) is 11.5 Å². The first kappa shape index (κ1) is 9.96. The second-order valence-electron chi connectivity index (χ2n) is 2.86. The summed E-state index contributed by atoms with van der Waals surface area (Å²) in [6, 6.07) is 5.56. The Morgan fingerprint density at radius 3 is 2.93 bits per heavy atom. The summed E-state index contributed by atoms with van der Waals surface area (Å²) in [5.41, 5.74) is 0.798. The minimum atomic E-state index is -0.159. The zero-order valence-electron chi connectivity index (χ0n) is 7.58. The number of rotatable bonds is 2. The Morgan fingerprint density at radius 1 is 1.50 bits per heavy atom. The van der Waals surface area contributed by atoms with Gasteiger partial charge in [0.1, 0.15) is 0 Å². The number of fused-ring (bicyclic) bond motifs is 1. The smallest absolute Gasteiger partial charge is 0.191 e. The van der Waals surface area contributed by atoms with Gasteiger partial charge in [-0.05, 0) is 11.8 Å². The standard InChI is InChI=1S/C10H9FOS2/c1-13-9-7-4-2-3-6(5-12)8(7)14-10(9)11/h2-4,12H,5H2,1H3. The summed E-state index contributed by atoms with van der Waals surface area (Å²) >= 11 is 2.51. The van der Waals surface area contributed by atoms with Crippen LogP contribution in [0.1, 0.15) is 5.56 Å². The summed E-state index contributed by atoms with van der Waals surface area (Å²) in [6.45, 7) is -0.0366. The highest BCUT2D eigenvalue weighted by Gasteiger charge is 2.12. The van der Waals surface area contributed by atoms with Gasteiger partial charge in [0.25, 0.3) is 0 Å².